The second kappa shape index (κ2) is 6.68. The fourth-order valence-corrected chi connectivity index (χ4v) is 5.18. The summed E-state index contributed by atoms with van der Waals surface area (Å²) in [5, 5.41) is 2.41. The summed E-state index contributed by atoms with van der Waals surface area (Å²) in [5.74, 6) is -0.00873. The molecule has 1 atom stereocenters. The third kappa shape index (κ3) is 3.23. The lowest BCUT2D eigenvalue weighted by atomic mass is 9.90. The van der Waals surface area contributed by atoms with Gasteiger partial charge < -0.3 is 0 Å². The highest BCUT2D eigenvalue weighted by Crippen LogP contribution is 2.41. The third-order valence-corrected chi connectivity index (χ3v) is 6.54. The Hall–Kier alpha value is -2.33. The molecule has 0 aliphatic heterocycles. The molecule has 0 spiro atoms. The fourth-order valence-electron chi connectivity index (χ4n) is 3.79. The zero-order valence-electron chi connectivity index (χ0n) is 15.1. The van der Waals surface area contributed by atoms with Crippen LogP contribution in [0.5, 0.6) is 0 Å². The van der Waals surface area contributed by atoms with Crippen LogP contribution in [-0.4, -0.2) is 0 Å². The number of hydrogen-bond acceptors (Lipinski definition) is 1. The summed E-state index contributed by atoms with van der Waals surface area (Å²) in [4.78, 5) is 0. The van der Waals surface area contributed by atoms with Gasteiger partial charge in [-0.1, -0.05) is 61.5 Å². The van der Waals surface area contributed by atoms with Crippen LogP contribution in [0.1, 0.15) is 35.1 Å². The highest BCUT2D eigenvalue weighted by atomic mass is 32.1. The van der Waals surface area contributed by atoms with Crippen LogP contribution in [0.3, 0.4) is 0 Å². The maximum Gasteiger partial charge on any atom is 0.416 e. The minimum absolute atomic E-state index is 0.00873. The first kappa shape index (κ1) is 18.1. The van der Waals surface area contributed by atoms with E-state index in [9.17, 15) is 13.2 Å². The Morgan fingerprint density at radius 3 is 2.26 bits per heavy atom. The quantitative estimate of drug-likeness (QED) is 0.339. The lowest BCUT2D eigenvalue weighted by Gasteiger charge is -2.17. The normalized spacial score (nSPS) is 13.4. The van der Waals surface area contributed by atoms with E-state index in [1.807, 2.05) is 19.1 Å². The van der Waals surface area contributed by atoms with Crippen LogP contribution in [0.25, 0.3) is 20.2 Å². The van der Waals surface area contributed by atoms with Gasteiger partial charge in [0.2, 0.25) is 0 Å². The van der Waals surface area contributed by atoms with Gasteiger partial charge in [0, 0.05) is 20.2 Å². The van der Waals surface area contributed by atoms with Crippen molar-refractivity contribution in [1.82, 2.24) is 0 Å². The summed E-state index contributed by atoms with van der Waals surface area (Å²) in [6.07, 6.45) is -3.96. The minimum Gasteiger partial charge on any atom is -0.166 e. The molecule has 0 unspecified atom stereocenters. The predicted molar refractivity (Wildman–Crippen MR) is 108 cm³/mol. The van der Waals surface area contributed by atoms with Gasteiger partial charge in [0.05, 0.1) is 5.56 Å². The Kier molecular flexibility index (Phi) is 4.47. The molecule has 0 bridgehead atoms. The van der Waals surface area contributed by atoms with E-state index in [1.54, 1.807) is 23.5 Å². The van der Waals surface area contributed by atoms with Gasteiger partial charge in [-0.25, -0.2) is 0 Å². The molecule has 1 heterocycles. The number of rotatable bonds is 3. The third-order valence-electron chi connectivity index (χ3n) is 5.13. The van der Waals surface area contributed by atoms with Gasteiger partial charge in [-0.05, 0) is 42.0 Å². The van der Waals surface area contributed by atoms with E-state index < -0.39 is 11.7 Å². The van der Waals surface area contributed by atoms with Crippen molar-refractivity contribution < 1.29 is 13.2 Å². The summed E-state index contributed by atoms with van der Waals surface area (Å²) >= 11 is 1.74. The Morgan fingerprint density at radius 2 is 1.52 bits per heavy atom. The highest BCUT2D eigenvalue weighted by Gasteiger charge is 2.33. The molecule has 0 aliphatic carbocycles. The minimum atomic E-state index is -4.32. The van der Waals surface area contributed by atoms with Crippen molar-refractivity contribution in [2.24, 2.45) is 0 Å². The SMILES string of the molecule is Cc1cccc2c1sc1c([C@H](C)Cc3ccccc3C(F)(F)F)cccc12. The van der Waals surface area contributed by atoms with Crippen molar-refractivity contribution in [3.05, 3.63) is 82.9 Å². The summed E-state index contributed by atoms with van der Waals surface area (Å²) in [7, 11) is 0. The van der Waals surface area contributed by atoms with Crippen molar-refractivity contribution in [2.45, 2.75) is 32.4 Å². The van der Waals surface area contributed by atoms with Gasteiger partial charge in [-0.2, -0.15) is 13.2 Å². The molecule has 4 rings (SSSR count). The molecule has 0 fully saturated rings. The zero-order chi connectivity index (χ0) is 19.2. The van der Waals surface area contributed by atoms with E-state index >= 15 is 0 Å². The van der Waals surface area contributed by atoms with E-state index in [4.69, 9.17) is 0 Å². The molecule has 1 aromatic heterocycles. The Bertz CT molecular complexity index is 1120. The summed E-state index contributed by atoms with van der Waals surface area (Å²) < 4.78 is 42.5. The monoisotopic (exact) mass is 384 g/mol. The van der Waals surface area contributed by atoms with Crippen LogP contribution in [0.2, 0.25) is 0 Å². The van der Waals surface area contributed by atoms with Gasteiger partial charge in [-0.15, -0.1) is 11.3 Å². The molecule has 0 saturated carbocycles. The average molecular weight is 384 g/mol. The molecule has 138 valence electrons. The lowest BCUT2D eigenvalue weighted by molar-refractivity contribution is -0.138. The first-order valence-corrected chi connectivity index (χ1v) is 9.73. The fraction of sp³-hybridized carbons (Fsp3) is 0.217. The molecule has 3 aromatic carbocycles. The molecule has 4 heteroatoms. The van der Waals surface area contributed by atoms with Crippen LogP contribution in [0, 0.1) is 6.92 Å². The van der Waals surface area contributed by atoms with Gasteiger partial charge in [-0.3, -0.25) is 0 Å². The van der Waals surface area contributed by atoms with Gasteiger partial charge >= 0.3 is 6.18 Å². The molecule has 0 N–H and O–H groups in total. The molecule has 0 nitrogen and oxygen atoms in total. The Balaban J connectivity index is 1.80. The number of fused-ring (bicyclic) bond motifs is 3. The zero-order valence-corrected chi connectivity index (χ0v) is 15.9. The Labute approximate surface area is 160 Å². The maximum atomic E-state index is 13.3. The van der Waals surface area contributed by atoms with Crippen LogP contribution >= 0.6 is 11.3 Å². The molecule has 4 aromatic rings. The van der Waals surface area contributed by atoms with Crippen LogP contribution in [-0.2, 0) is 12.6 Å². The molecule has 0 radical (unpaired) electrons. The number of benzene rings is 3. The van der Waals surface area contributed by atoms with Gasteiger partial charge in [0.1, 0.15) is 0 Å². The van der Waals surface area contributed by atoms with E-state index in [2.05, 4.69) is 31.2 Å². The largest absolute Gasteiger partial charge is 0.416 e. The highest BCUT2D eigenvalue weighted by molar-refractivity contribution is 7.26. The van der Waals surface area contributed by atoms with Crippen molar-refractivity contribution in [2.75, 3.05) is 0 Å². The summed E-state index contributed by atoms with van der Waals surface area (Å²) in [6.45, 7) is 4.11. The molecular formula is C23H19F3S. The number of aryl methyl sites for hydroxylation is 1. The van der Waals surface area contributed by atoms with E-state index in [-0.39, 0.29) is 5.92 Å². The van der Waals surface area contributed by atoms with Gasteiger partial charge in [0.25, 0.3) is 0 Å². The van der Waals surface area contributed by atoms with Crippen molar-refractivity contribution in [3.63, 3.8) is 0 Å². The summed E-state index contributed by atoms with van der Waals surface area (Å²) in [6, 6.07) is 18.3. The van der Waals surface area contributed by atoms with E-state index in [0.717, 1.165) is 5.56 Å². The molecular weight excluding hydrogens is 365 g/mol. The number of hydrogen-bond donors (Lipinski definition) is 0. The average Bonchev–Trinajstić information content (AvgIpc) is 3.01. The van der Waals surface area contributed by atoms with Crippen molar-refractivity contribution in [3.8, 4) is 0 Å². The smallest absolute Gasteiger partial charge is 0.166 e. The molecule has 0 saturated heterocycles. The first-order valence-electron chi connectivity index (χ1n) is 8.92. The molecule has 0 aliphatic rings. The number of alkyl halides is 3. The second-order valence-corrected chi connectivity index (χ2v) is 8.06. The van der Waals surface area contributed by atoms with Crippen LogP contribution in [0.4, 0.5) is 13.2 Å². The lowest BCUT2D eigenvalue weighted by Crippen LogP contribution is -2.11. The maximum absolute atomic E-state index is 13.3. The number of halogens is 3. The Morgan fingerprint density at radius 1 is 0.852 bits per heavy atom. The standard InChI is InChI=1S/C23H19F3S/c1-14-7-5-10-18-19-11-6-9-17(22(19)27-21(14)18)15(2)13-16-8-3-4-12-20(16)23(24,25)26/h3-12,15H,13H2,1-2H3/t15-/m1/s1. The molecule has 27 heavy (non-hydrogen) atoms. The van der Waals surface area contributed by atoms with Gasteiger partial charge in [0.15, 0.2) is 0 Å². The van der Waals surface area contributed by atoms with Crippen molar-refractivity contribution in [1.29, 1.82) is 0 Å². The number of thiophene rings is 1. The first-order chi connectivity index (χ1) is 12.9. The second-order valence-electron chi connectivity index (χ2n) is 7.04. The predicted octanol–water partition coefficient (Wildman–Crippen LogP) is 7.73. The topological polar surface area (TPSA) is 0 Å². The van der Waals surface area contributed by atoms with Crippen LogP contribution < -0.4 is 0 Å². The van der Waals surface area contributed by atoms with E-state index in [1.165, 1.54) is 37.9 Å². The summed E-state index contributed by atoms with van der Waals surface area (Å²) in [5.41, 5.74) is 2.17. The van der Waals surface area contributed by atoms with E-state index in [0.29, 0.717) is 12.0 Å². The van der Waals surface area contributed by atoms with Crippen molar-refractivity contribution >= 4 is 31.5 Å². The van der Waals surface area contributed by atoms with Crippen LogP contribution in [0.15, 0.2) is 60.7 Å². The molecule has 0 amide bonds.